The Hall–Kier alpha value is -2.07. The van der Waals surface area contributed by atoms with E-state index in [-0.39, 0.29) is 11.7 Å². The number of hydrogen-bond acceptors (Lipinski definition) is 3. The van der Waals surface area contributed by atoms with E-state index in [1.54, 1.807) is 18.7 Å². The molecule has 4 heteroatoms. The predicted molar refractivity (Wildman–Crippen MR) is 107 cm³/mol. The van der Waals surface area contributed by atoms with Gasteiger partial charge in [0.1, 0.15) is 0 Å². The number of hydrogen-bond donors (Lipinski definition) is 1. The van der Waals surface area contributed by atoms with E-state index >= 15 is 0 Å². The molecular formula is C21H25NO2S. The number of carbonyl (C=O) groups is 2. The molecule has 2 rings (SSSR count). The summed E-state index contributed by atoms with van der Waals surface area (Å²) in [7, 11) is 0. The van der Waals surface area contributed by atoms with Gasteiger partial charge in [0.25, 0.3) is 0 Å². The number of anilines is 1. The van der Waals surface area contributed by atoms with Crippen LogP contribution < -0.4 is 5.32 Å². The first-order valence-electron chi connectivity index (χ1n) is 8.35. The van der Waals surface area contributed by atoms with E-state index in [2.05, 4.69) is 18.3 Å². The third kappa shape index (κ3) is 4.73. The van der Waals surface area contributed by atoms with E-state index in [1.165, 1.54) is 5.56 Å². The maximum absolute atomic E-state index is 12.2. The third-order valence-electron chi connectivity index (χ3n) is 4.38. The zero-order valence-electron chi connectivity index (χ0n) is 15.5. The maximum atomic E-state index is 12.2. The molecule has 0 spiro atoms. The SMILES string of the molecule is CC(=O)c1c(C)cc(C)c(CSCC(=O)Nc2ccccc2C)c1C. The van der Waals surface area contributed by atoms with Crippen LogP contribution in [0.2, 0.25) is 0 Å². The Balaban J connectivity index is 2.02. The van der Waals surface area contributed by atoms with Crippen LogP contribution >= 0.6 is 11.8 Å². The maximum Gasteiger partial charge on any atom is 0.234 e. The molecule has 0 aliphatic rings. The Labute approximate surface area is 154 Å². The number of para-hydroxylation sites is 1. The number of aryl methyl sites for hydroxylation is 3. The Bertz CT molecular complexity index is 812. The molecule has 0 atom stereocenters. The van der Waals surface area contributed by atoms with Crippen LogP contribution in [0.25, 0.3) is 0 Å². The summed E-state index contributed by atoms with van der Waals surface area (Å²) in [6.45, 7) is 9.62. The van der Waals surface area contributed by atoms with Crippen LogP contribution in [0.1, 0.15) is 45.1 Å². The van der Waals surface area contributed by atoms with Gasteiger partial charge in [0.2, 0.25) is 5.91 Å². The molecule has 0 heterocycles. The number of Topliss-reactive ketones (excluding diaryl/α,β-unsaturated/α-hetero) is 1. The van der Waals surface area contributed by atoms with Crippen molar-refractivity contribution in [2.45, 2.75) is 40.4 Å². The van der Waals surface area contributed by atoms with Crippen LogP contribution in [-0.4, -0.2) is 17.4 Å². The number of thioether (sulfide) groups is 1. The molecule has 2 aromatic rings. The summed E-state index contributed by atoms with van der Waals surface area (Å²) in [5.41, 5.74) is 7.11. The Morgan fingerprint density at radius 1 is 1.00 bits per heavy atom. The number of nitrogens with one attached hydrogen (secondary N) is 1. The fourth-order valence-corrected chi connectivity index (χ4v) is 4.14. The first-order valence-corrected chi connectivity index (χ1v) is 9.50. The summed E-state index contributed by atoms with van der Waals surface area (Å²) in [6, 6.07) is 9.82. The van der Waals surface area contributed by atoms with Gasteiger partial charge < -0.3 is 5.32 Å². The second-order valence-corrected chi connectivity index (χ2v) is 7.39. The molecule has 1 N–H and O–H groups in total. The zero-order chi connectivity index (χ0) is 18.6. The van der Waals surface area contributed by atoms with Crippen LogP contribution in [-0.2, 0) is 10.5 Å². The van der Waals surface area contributed by atoms with Crippen molar-refractivity contribution in [1.82, 2.24) is 0 Å². The molecule has 0 radical (unpaired) electrons. The van der Waals surface area contributed by atoms with Crippen LogP contribution in [0.15, 0.2) is 30.3 Å². The van der Waals surface area contributed by atoms with Crippen molar-refractivity contribution in [3.63, 3.8) is 0 Å². The zero-order valence-corrected chi connectivity index (χ0v) is 16.3. The van der Waals surface area contributed by atoms with E-state index in [1.807, 2.05) is 45.0 Å². The summed E-state index contributed by atoms with van der Waals surface area (Å²) in [5.74, 6) is 1.20. The van der Waals surface area contributed by atoms with Gasteiger partial charge in [-0.2, -0.15) is 0 Å². The van der Waals surface area contributed by atoms with Gasteiger partial charge in [-0.05, 0) is 68.5 Å². The molecule has 132 valence electrons. The Morgan fingerprint density at radius 3 is 2.32 bits per heavy atom. The van der Waals surface area contributed by atoms with E-state index in [9.17, 15) is 9.59 Å². The number of ketones is 1. The fourth-order valence-electron chi connectivity index (χ4n) is 3.14. The molecule has 0 aliphatic carbocycles. The molecule has 25 heavy (non-hydrogen) atoms. The highest BCUT2D eigenvalue weighted by atomic mass is 32.2. The lowest BCUT2D eigenvalue weighted by atomic mass is 9.92. The topological polar surface area (TPSA) is 46.2 Å². The molecule has 0 saturated carbocycles. The summed E-state index contributed by atoms with van der Waals surface area (Å²) in [6.07, 6.45) is 0. The van der Waals surface area contributed by atoms with E-state index in [0.717, 1.165) is 39.3 Å². The average molecular weight is 356 g/mol. The normalized spacial score (nSPS) is 10.6. The minimum absolute atomic E-state index is 0.00601. The lowest BCUT2D eigenvalue weighted by Gasteiger charge is -2.15. The van der Waals surface area contributed by atoms with Crippen molar-refractivity contribution in [2.24, 2.45) is 0 Å². The van der Waals surface area contributed by atoms with Gasteiger partial charge in [0.05, 0.1) is 5.75 Å². The monoisotopic (exact) mass is 355 g/mol. The molecule has 3 nitrogen and oxygen atoms in total. The van der Waals surface area contributed by atoms with Gasteiger partial charge in [-0.1, -0.05) is 24.3 Å². The van der Waals surface area contributed by atoms with Gasteiger partial charge in [0.15, 0.2) is 5.78 Å². The second-order valence-electron chi connectivity index (χ2n) is 6.40. The third-order valence-corrected chi connectivity index (χ3v) is 5.34. The van der Waals surface area contributed by atoms with Crippen molar-refractivity contribution in [3.05, 3.63) is 63.7 Å². The largest absolute Gasteiger partial charge is 0.325 e. The quantitative estimate of drug-likeness (QED) is 0.742. The summed E-state index contributed by atoms with van der Waals surface area (Å²) in [4.78, 5) is 24.1. The molecular weight excluding hydrogens is 330 g/mol. The first-order chi connectivity index (χ1) is 11.8. The van der Waals surface area contributed by atoms with Crippen molar-refractivity contribution < 1.29 is 9.59 Å². The van der Waals surface area contributed by atoms with Gasteiger partial charge >= 0.3 is 0 Å². The van der Waals surface area contributed by atoms with Crippen LogP contribution in [0.5, 0.6) is 0 Å². The highest BCUT2D eigenvalue weighted by molar-refractivity contribution is 7.99. The summed E-state index contributed by atoms with van der Waals surface area (Å²) < 4.78 is 0. The molecule has 0 fully saturated rings. The Kier molecular flexibility index (Phi) is 6.43. The lowest BCUT2D eigenvalue weighted by Crippen LogP contribution is -2.15. The molecule has 0 aliphatic heterocycles. The first kappa shape index (κ1) is 19.3. The van der Waals surface area contributed by atoms with Crippen molar-refractivity contribution >= 4 is 29.1 Å². The van der Waals surface area contributed by atoms with Crippen molar-refractivity contribution in [2.75, 3.05) is 11.1 Å². The second kappa shape index (κ2) is 8.34. The van der Waals surface area contributed by atoms with Gasteiger partial charge in [-0.15, -0.1) is 11.8 Å². The van der Waals surface area contributed by atoms with E-state index < -0.39 is 0 Å². The highest BCUT2D eigenvalue weighted by Crippen LogP contribution is 2.26. The molecule has 0 unspecified atom stereocenters. The van der Waals surface area contributed by atoms with Gasteiger partial charge in [-0.25, -0.2) is 0 Å². The van der Waals surface area contributed by atoms with Gasteiger partial charge in [-0.3, -0.25) is 9.59 Å². The van der Waals surface area contributed by atoms with E-state index in [0.29, 0.717) is 5.75 Å². The highest BCUT2D eigenvalue weighted by Gasteiger charge is 2.14. The van der Waals surface area contributed by atoms with Crippen molar-refractivity contribution in [1.29, 1.82) is 0 Å². The molecule has 0 aromatic heterocycles. The molecule has 1 amide bonds. The average Bonchev–Trinajstić information content (AvgIpc) is 2.52. The minimum atomic E-state index is -0.00601. The fraction of sp³-hybridized carbons (Fsp3) is 0.333. The number of benzene rings is 2. The molecule has 0 saturated heterocycles. The van der Waals surface area contributed by atoms with E-state index in [4.69, 9.17) is 0 Å². The standard InChI is InChI=1S/C21H25NO2S/c1-13-8-6-7-9-19(13)22-20(24)12-25-11-18-14(2)10-15(3)21(16(18)4)17(5)23/h6-10H,11-12H2,1-5H3,(H,22,24). The van der Waals surface area contributed by atoms with Crippen LogP contribution in [0.4, 0.5) is 5.69 Å². The number of rotatable bonds is 6. The summed E-state index contributed by atoms with van der Waals surface area (Å²) in [5, 5.41) is 2.95. The lowest BCUT2D eigenvalue weighted by molar-refractivity contribution is -0.113. The predicted octanol–water partition coefficient (Wildman–Crippen LogP) is 4.99. The molecule has 2 aromatic carbocycles. The smallest absolute Gasteiger partial charge is 0.234 e. The number of carbonyl (C=O) groups excluding carboxylic acids is 2. The summed E-state index contributed by atoms with van der Waals surface area (Å²) >= 11 is 1.57. The Morgan fingerprint density at radius 2 is 1.68 bits per heavy atom. The number of amides is 1. The van der Waals surface area contributed by atoms with Crippen molar-refractivity contribution in [3.8, 4) is 0 Å². The van der Waals surface area contributed by atoms with Crippen LogP contribution in [0.3, 0.4) is 0 Å². The molecule has 0 bridgehead atoms. The minimum Gasteiger partial charge on any atom is -0.325 e. The van der Waals surface area contributed by atoms with Crippen LogP contribution in [0, 0.1) is 27.7 Å². The van der Waals surface area contributed by atoms with Gasteiger partial charge in [0, 0.05) is 17.0 Å².